The lowest BCUT2D eigenvalue weighted by atomic mass is 10.0. The van der Waals surface area contributed by atoms with Gasteiger partial charge in [-0.1, -0.05) is 18.2 Å². The third-order valence-electron chi connectivity index (χ3n) is 5.47. The van der Waals surface area contributed by atoms with Gasteiger partial charge in [0, 0.05) is 37.0 Å². The number of β-amino-alcohol motifs (C(OH)–C–C–N with tert-alkyl or cyclic N) is 1. The van der Waals surface area contributed by atoms with Gasteiger partial charge in [0.05, 0.1) is 22.9 Å². The monoisotopic (exact) mass is 420 g/mol. The molecule has 2 amide bonds. The van der Waals surface area contributed by atoms with E-state index in [0.29, 0.717) is 29.6 Å². The van der Waals surface area contributed by atoms with E-state index in [-0.39, 0.29) is 30.0 Å². The van der Waals surface area contributed by atoms with Crippen LogP contribution in [0.4, 0.5) is 0 Å². The number of carbonyl (C=O) groups is 2. The molecular formula is C23H24N4O4. The lowest BCUT2D eigenvalue weighted by Gasteiger charge is -2.36. The van der Waals surface area contributed by atoms with Gasteiger partial charge in [-0.05, 0) is 43.7 Å². The number of nitrogens with one attached hydrogen (secondary N) is 1. The molecule has 1 saturated heterocycles. The Hall–Kier alpha value is -3.52. The molecule has 1 aliphatic rings. The van der Waals surface area contributed by atoms with Crippen LogP contribution in [0.3, 0.4) is 0 Å². The predicted molar refractivity (Wildman–Crippen MR) is 116 cm³/mol. The number of carbonyl (C=O) groups excluding carboxylic acids is 2. The second-order valence-corrected chi connectivity index (χ2v) is 7.89. The Bertz CT molecular complexity index is 1200. The largest absolute Gasteiger partial charge is 0.391 e. The molecule has 31 heavy (non-hydrogen) atoms. The van der Waals surface area contributed by atoms with E-state index in [9.17, 15) is 19.5 Å². The van der Waals surface area contributed by atoms with Crippen molar-refractivity contribution in [1.29, 1.82) is 0 Å². The van der Waals surface area contributed by atoms with Gasteiger partial charge in [-0.25, -0.2) is 0 Å². The molecule has 2 N–H and O–H groups in total. The van der Waals surface area contributed by atoms with Crippen molar-refractivity contribution in [2.45, 2.75) is 32.4 Å². The van der Waals surface area contributed by atoms with Crippen molar-refractivity contribution in [3.63, 3.8) is 0 Å². The number of benzene rings is 2. The minimum Gasteiger partial charge on any atom is -0.391 e. The Morgan fingerprint density at radius 1 is 1.06 bits per heavy atom. The van der Waals surface area contributed by atoms with Crippen LogP contribution in [0.5, 0.6) is 0 Å². The second-order valence-electron chi connectivity index (χ2n) is 7.89. The van der Waals surface area contributed by atoms with Crippen LogP contribution in [0.2, 0.25) is 0 Å². The fraction of sp³-hybridized carbons (Fsp3) is 0.304. The van der Waals surface area contributed by atoms with Gasteiger partial charge in [0.1, 0.15) is 0 Å². The number of hydrogen-bond acceptors (Lipinski definition) is 5. The zero-order valence-electron chi connectivity index (χ0n) is 17.4. The molecule has 2 heterocycles. The molecule has 0 radical (unpaired) electrons. The highest BCUT2D eigenvalue weighted by Gasteiger charge is 2.30. The summed E-state index contributed by atoms with van der Waals surface area (Å²) in [5.74, 6) is -0.435. The fourth-order valence-electron chi connectivity index (χ4n) is 4.08. The number of hydrogen-bond donors (Lipinski definition) is 2. The predicted octanol–water partition coefficient (Wildman–Crippen LogP) is 1.41. The summed E-state index contributed by atoms with van der Waals surface area (Å²) in [6, 6.07) is 13.7. The van der Waals surface area contributed by atoms with Crippen molar-refractivity contribution in [3.8, 4) is 5.69 Å². The topological polar surface area (TPSA) is 105 Å². The Morgan fingerprint density at radius 3 is 2.42 bits per heavy atom. The molecule has 2 atom stereocenters. The van der Waals surface area contributed by atoms with Crippen LogP contribution in [0.1, 0.15) is 29.4 Å². The molecular weight excluding hydrogens is 396 g/mol. The summed E-state index contributed by atoms with van der Waals surface area (Å²) >= 11 is 0. The second kappa shape index (κ2) is 8.31. The van der Waals surface area contributed by atoms with Crippen molar-refractivity contribution in [2.24, 2.45) is 0 Å². The summed E-state index contributed by atoms with van der Waals surface area (Å²) in [6.07, 6.45) is -0.282. The number of fused-ring (bicyclic) bond motifs is 1. The van der Waals surface area contributed by atoms with E-state index >= 15 is 0 Å². The van der Waals surface area contributed by atoms with Gasteiger partial charge in [-0.15, -0.1) is 0 Å². The first-order valence-electron chi connectivity index (χ1n) is 10.2. The molecule has 8 nitrogen and oxygen atoms in total. The summed E-state index contributed by atoms with van der Waals surface area (Å²) in [5, 5.41) is 18.7. The highest BCUT2D eigenvalue weighted by atomic mass is 16.3. The van der Waals surface area contributed by atoms with Crippen molar-refractivity contribution in [3.05, 3.63) is 70.1 Å². The molecule has 0 spiro atoms. The molecule has 160 valence electrons. The van der Waals surface area contributed by atoms with Gasteiger partial charge < -0.3 is 15.3 Å². The maximum atomic E-state index is 12.9. The Labute approximate surface area is 179 Å². The van der Waals surface area contributed by atoms with E-state index in [2.05, 4.69) is 10.4 Å². The molecule has 1 aliphatic heterocycles. The van der Waals surface area contributed by atoms with Gasteiger partial charge in [-0.2, -0.15) is 9.78 Å². The minimum absolute atomic E-state index is 0.195. The summed E-state index contributed by atoms with van der Waals surface area (Å²) in [6.45, 7) is 3.81. The number of aliphatic hydroxyl groups is 1. The van der Waals surface area contributed by atoms with Crippen LogP contribution in [-0.2, 0) is 4.79 Å². The number of rotatable bonds is 3. The quantitative estimate of drug-likeness (QED) is 0.667. The summed E-state index contributed by atoms with van der Waals surface area (Å²) in [5.41, 5.74) is 1.51. The normalized spacial score (nSPS) is 18.7. The number of aromatic nitrogens is 2. The van der Waals surface area contributed by atoms with Gasteiger partial charge in [-0.3, -0.25) is 14.4 Å². The fourth-order valence-corrected chi connectivity index (χ4v) is 4.08. The lowest BCUT2D eigenvalue weighted by molar-refractivity contribution is -0.120. The average Bonchev–Trinajstić information content (AvgIpc) is 2.75. The standard InChI is InChI=1S/C23H24N4O4/c1-14-20-5-3-4-6-21(20)23(31)27(25-14)18-9-7-16(8-10-18)22(30)26-12-17(24-15(2)28)11-19(29)13-26/h3-10,17,19,29H,11-13H2,1-2H3,(H,24,28)/t17-,19+/m0/s1. The van der Waals surface area contributed by atoms with Crippen LogP contribution in [0.15, 0.2) is 53.3 Å². The molecule has 0 aliphatic carbocycles. The highest BCUT2D eigenvalue weighted by Crippen LogP contribution is 2.17. The van der Waals surface area contributed by atoms with Crippen molar-refractivity contribution < 1.29 is 14.7 Å². The zero-order chi connectivity index (χ0) is 22.1. The third-order valence-corrected chi connectivity index (χ3v) is 5.47. The van der Waals surface area contributed by atoms with Gasteiger partial charge >= 0.3 is 0 Å². The maximum Gasteiger partial charge on any atom is 0.279 e. The first-order valence-corrected chi connectivity index (χ1v) is 10.2. The molecule has 3 aromatic rings. The number of aryl methyl sites for hydroxylation is 1. The van der Waals surface area contributed by atoms with Gasteiger partial charge in [0.15, 0.2) is 0 Å². The van der Waals surface area contributed by atoms with Crippen molar-refractivity contribution in [2.75, 3.05) is 13.1 Å². The van der Waals surface area contributed by atoms with Crippen LogP contribution >= 0.6 is 0 Å². The third kappa shape index (κ3) is 4.20. The number of aliphatic hydroxyl groups excluding tert-OH is 1. The number of piperidine rings is 1. The van der Waals surface area contributed by atoms with Crippen molar-refractivity contribution >= 4 is 22.6 Å². The molecule has 4 rings (SSSR count). The van der Waals surface area contributed by atoms with E-state index in [1.807, 2.05) is 25.1 Å². The van der Waals surface area contributed by atoms with Crippen LogP contribution in [0, 0.1) is 6.92 Å². The maximum absolute atomic E-state index is 12.9. The average molecular weight is 420 g/mol. The molecule has 0 bridgehead atoms. The van der Waals surface area contributed by atoms with E-state index in [4.69, 9.17) is 0 Å². The summed E-state index contributed by atoms with van der Waals surface area (Å²) in [4.78, 5) is 38.7. The summed E-state index contributed by atoms with van der Waals surface area (Å²) in [7, 11) is 0. The lowest BCUT2D eigenvalue weighted by Crippen LogP contribution is -2.54. The van der Waals surface area contributed by atoms with Crippen LogP contribution in [-0.4, -0.2) is 56.8 Å². The Kier molecular flexibility index (Phi) is 5.56. The molecule has 1 aromatic heterocycles. The van der Waals surface area contributed by atoms with Gasteiger partial charge in [0.25, 0.3) is 11.5 Å². The smallest absolute Gasteiger partial charge is 0.279 e. The molecule has 0 unspecified atom stereocenters. The van der Waals surface area contributed by atoms with Crippen LogP contribution in [0.25, 0.3) is 16.5 Å². The first kappa shape index (κ1) is 20.7. The minimum atomic E-state index is -0.697. The first-order chi connectivity index (χ1) is 14.8. The van der Waals surface area contributed by atoms with E-state index in [0.717, 1.165) is 11.1 Å². The zero-order valence-corrected chi connectivity index (χ0v) is 17.4. The van der Waals surface area contributed by atoms with E-state index in [1.54, 1.807) is 30.3 Å². The highest BCUT2D eigenvalue weighted by molar-refractivity contribution is 5.94. The molecule has 2 aromatic carbocycles. The Balaban J connectivity index is 1.59. The van der Waals surface area contributed by atoms with E-state index in [1.165, 1.54) is 16.5 Å². The number of nitrogens with zero attached hydrogens (tertiary/aromatic N) is 3. The molecule has 8 heteroatoms. The number of likely N-dealkylation sites (tertiary alicyclic amines) is 1. The SMILES string of the molecule is CC(=O)N[C@H]1C[C@@H](O)CN(C(=O)c2ccc(-n3nc(C)c4ccccc4c3=O)cc2)C1. The van der Waals surface area contributed by atoms with Crippen molar-refractivity contribution in [1.82, 2.24) is 20.0 Å². The van der Waals surface area contributed by atoms with Crippen LogP contribution < -0.4 is 10.9 Å². The summed E-state index contributed by atoms with van der Waals surface area (Å²) < 4.78 is 1.34. The van der Waals surface area contributed by atoms with E-state index < -0.39 is 6.10 Å². The Morgan fingerprint density at radius 2 is 1.74 bits per heavy atom. The number of amides is 2. The van der Waals surface area contributed by atoms with Gasteiger partial charge in [0.2, 0.25) is 5.91 Å². The molecule has 0 saturated carbocycles. The molecule has 1 fully saturated rings.